The molecule has 1 saturated heterocycles. The van der Waals surface area contributed by atoms with Crippen molar-refractivity contribution in [3.63, 3.8) is 0 Å². The molecule has 4 rings (SSSR count). The van der Waals surface area contributed by atoms with E-state index in [1.165, 1.54) is 5.56 Å². The minimum Gasteiger partial charge on any atom is -0.369 e. The molecule has 130 valence electrons. The van der Waals surface area contributed by atoms with Crippen LogP contribution in [0.15, 0.2) is 12.5 Å². The lowest BCUT2D eigenvalue weighted by atomic mass is 10.1. The van der Waals surface area contributed by atoms with Gasteiger partial charge in [0.15, 0.2) is 0 Å². The standard InChI is InChI=1S/C14H19N4O4PS/c19-23(20,24)21-7-10-3-4-11(22-10)18-6-9-2-1-5-15-13-12(9)14(18)17-8-16-13/h6,8,10-11H,1-5,7H2,(H,15,16,17)(H2,19,20,24)/t10-,11+/m0/s1. The number of anilines is 1. The molecule has 0 unspecified atom stereocenters. The largest absolute Gasteiger partial charge is 0.369 e. The van der Waals surface area contributed by atoms with Gasteiger partial charge in [-0.3, -0.25) is 0 Å². The van der Waals surface area contributed by atoms with Gasteiger partial charge in [-0.15, -0.1) is 0 Å². The molecule has 0 aromatic carbocycles. The zero-order chi connectivity index (χ0) is 16.7. The van der Waals surface area contributed by atoms with E-state index in [2.05, 4.69) is 37.9 Å². The van der Waals surface area contributed by atoms with Crippen molar-refractivity contribution in [3.8, 4) is 0 Å². The van der Waals surface area contributed by atoms with Crippen LogP contribution in [0, 0.1) is 0 Å². The molecule has 0 bridgehead atoms. The van der Waals surface area contributed by atoms with Crippen molar-refractivity contribution < 1.29 is 19.0 Å². The van der Waals surface area contributed by atoms with Gasteiger partial charge in [0.1, 0.15) is 24.0 Å². The first kappa shape index (κ1) is 16.4. The molecule has 2 aromatic rings. The number of nitrogens with one attached hydrogen (secondary N) is 1. The van der Waals surface area contributed by atoms with Crippen LogP contribution < -0.4 is 5.32 Å². The van der Waals surface area contributed by atoms with Crippen molar-refractivity contribution >= 4 is 35.4 Å². The maximum Gasteiger partial charge on any atom is 0.321 e. The van der Waals surface area contributed by atoms with E-state index in [4.69, 9.17) is 9.26 Å². The molecule has 0 saturated carbocycles. The lowest BCUT2D eigenvalue weighted by Gasteiger charge is -2.17. The third-order valence-electron chi connectivity index (χ3n) is 4.43. The normalized spacial score (nSPS) is 24.1. The third kappa shape index (κ3) is 3.20. The van der Waals surface area contributed by atoms with Crippen LogP contribution in [0.5, 0.6) is 0 Å². The SMILES string of the molecule is OP(O)(=S)OC[C@@H]1CC[C@H](n2cc3c4c(ncnc42)NCCC3)O1. The van der Waals surface area contributed by atoms with E-state index in [9.17, 15) is 9.79 Å². The minimum absolute atomic E-state index is 0.0919. The Kier molecular flexibility index (Phi) is 4.32. The van der Waals surface area contributed by atoms with Gasteiger partial charge < -0.3 is 28.9 Å². The minimum atomic E-state index is -3.64. The summed E-state index contributed by atoms with van der Waals surface area (Å²) in [6.07, 6.45) is 6.93. The van der Waals surface area contributed by atoms with Gasteiger partial charge in [-0.1, -0.05) is 0 Å². The molecule has 3 N–H and O–H groups in total. The predicted octanol–water partition coefficient (Wildman–Crippen LogP) is 1.69. The number of ether oxygens (including phenoxy) is 1. The van der Waals surface area contributed by atoms with E-state index < -0.39 is 6.72 Å². The van der Waals surface area contributed by atoms with Gasteiger partial charge in [-0.2, -0.15) is 0 Å². The summed E-state index contributed by atoms with van der Waals surface area (Å²) in [4.78, 5) is 27.2. The average Bonchev–Trinajstić information content (AvgIpc) is 3.08. The second kappa shape index (κ2) is 6.33. The predicted molar refractivity (Wildman–Crippen MR) is 92.2 cm³/mol. The fourth-order valence-corrected chi connectivity index (χ4v) is 3.93. The van der Waals surface area contributed by atoms with Crippen LogP contribution in [0.1, 0.15) is 31.1 Å². The van der Waals surface area contributed by atoms with Crippen molar-refractivity contribution in [1.29, 1.82) is 0 Å². The van der Waals surface area contributed by atoms with Gasteiger partial charge in [0.2, 0.25) is 0 Å². The second-order valence-electron chi connectivity index (χ2n) is 6.09. The van der Waals surface area contributed by atoms with Crippen molar-refractivity contribution in [3.05, 3.63) is 18.1 Å². The topological polar surface area (TPSA) is 102 Å². The number of hydrogen-bond donors (Lipinski definition) is 3. The van der Waals surface area contributed by atoms with Crippen LogP contribution in [-0.4, -0.2) is 43.6 Å². The molecule has 2 atom stereocenters. The Morgan fingerprint density at radius 1 is 1.42 bits per heavy atom. The number of nitrogens with zero attached hydrogens (tertiary/aromatic N) is 3. The van der Waals surface area contributed by atoms with Gasteiger partial charge in [-0.05, 0) is 43.1 Å². The third-order valence-corrected chi connectivity index (χ3v) is 5.23. The molecule has 0 amide bonds. The summed E-state index contributed by atoms with van der Waals surface area (Å²) in [6.45, 7) is -2.63. The van der Waals surface area contributed by atoms with Gasteiger partial charge in [0, 0.05) is 12.7 Å². The van der Waals surface area contributed by atoms with Crippen molar-refractivity contribution in [2.45, 2.75) is 38.0 Å². The van der Waals surface area contributed by atoms with E-state index in [0.717, 1.165) is 49.1 Å². The summed E-state index contributed by atoms with van der Waals surface area (Å²) in [6, 6.07) is 0. The highest BCUT2D eigenvalue weighted by atomic mass is 32.5. The molecule has 4 heterocycles. The number of hydrogen-bond acceptors (Lipinski definition) is 6. The number of aryl methyl sites for hydroxylation is 1. The van der Waals surface area contributed by atoms with E-state index in [0.29, 0.717) is 0 Å². The lowest BCUT2D eigenvalue weighted by Crippen LogP contribution is -2.16. The smallest absolute Gasteiger partial charge is 0.321 e. The van der Waals surface area contributed by atoms with Crippen molar-refractivity contribution in [2.24, 2.45) is 0 Å². The zero-order valence-electron chi connectivity index (χ0n) is 13.0. The fraction of sp³-hybridized carbons (Fsp3) is 0.571. The molecule has 0 radical (unpaired) electrons. The molecule has 2 aliphatic rings. The fourth-order valence-electron chi connectivity index (χ4n) is 3.38. The van der Waals surface area contributed by atoms with Gasteiger partial charge >= 0.3 is 6.72 Å². The molecule has 2 aliphatic heterocycles. The Balaban J connectivity index is 1.58. The molecule has 2 aromatic heterocycles. The van der Waals surface area contributed by atoms with E-state index in [1.54, 1.807) is 6.33 Å². The number of aromatic nitrogens is 3. The first-order valence-electron chi connectivity index (χ1n) is 7.95. The summed E-state index contributed by atoms with van der Waals surface area (Å²) in [7, 11) is 0. The molecular formula is C14H19N4O4PS. The maximum atomic E-state index is 9.18. The summed E-state index contributed by atoms with van der Waals surface area (Å²) in [5, 5.41) is 4.42. The summed E-state index contributed by atoms with van der Waals surface area (Å²) >= 11 is 4.47. The van der Waals surface area contributed by atoms with Crippen LogP contribution in [0.25, 0.3) is 11.0 Å². The van der Waals surface area contributed by atoms with E-state index >= 15 is 0 Å². The molecule has 1 fully saturated rings. The quantitative estimate of drug-likeness (QED) is 0.699. The van der Waals surface area contributed by atoms with Crippen LogP contribution >= 0.6 is 6.72 Å². The molecule has 0 aliphatic carbocycles. The lowest BCUT2D eigenvalue weighted by molar-refractivity contribution is -0.0176. The highest BCUT2D eigenvalue weighted by Crippen LogP contribution is 2.39. The first-order chi connectivity index (χ1) is 11.5. The van der Waals surface area contributed by atoms with E-state index in [1.807, 2.05) is 0 Å². The maximum absolute atomic E-state index is 9.18. The summed E-state index contributed by atoms with van der Waals surface area (Å²) in [5.41, 5.74) is 2.10. The summed E-state index contributed by atoms with van der Waals surface area (Å²) in [5.74, 6) is 0.880. The Morgan fingerprint density at radius 3 is 3.12 bits per heavy atom. The molecule has 10 heteroatoms. The second-order valence-corrected chi connectivity index (χ2v) is 8.76. The molecular weight excluding hydrogens is 351 g/mol. The number of rotatable bonds is 4. The Morgan fingerprint density at radius 2 is 2.29 bits per heavy atom. The van der Waals surface area contributed by atoms with Crippen LogP contribution in [0.3, 0.4) is 0 Å². The van der Waals surface area contributed by atoms with Gasteiger partial charge in [0.25, 0.3) is 0 Å². The van der Waals surface area contributed by atoms with E-state index in [-0.39, 0.29) is 18.9 Å². The molecule has 24 heavy (non-hydrogen) atoms. The Bertz CT molecular complexity index is 807. The van der Waals surface area contributed by atoms with Crippen molar-refractivity contribution in [2.75, 3.05) is 18.5 Å². The Labute approximate surface area is 144 Å². The molecule has 8 nitrogen and oxygen atoms in total. The van der Waals surface area contributed by atoms with Crippen LogP contribution in [-0.2, 0) is 27.5 Å². The monoisotopic (exact) mass is 370 g/mol. The van der Waals surface area contributed by atoms with Gasteiger partial charge in [-0.25, -0.2) is 9.97 Å². The Hall–Kier alpha value is -1.09. The zero-order valence-corrected chi connectivity index (χ0v) is 14.7. The first-order valence-corrected chi connectivity index (χ1v) is 10.6. The van der Waals surface area contributed by atoms with Crippen molar-refractivity contribution in [1.82, 2.24) is 14.5 Å². The van der Waals surface area contributed by atoms with Crippen LogP contribution in [0.4, 0.5) is 5.82 Å². The molecule has 0 spiro atoms. The average molecular weight is 370 g/mol. The highest BCUT2D eigenvalue weighted by molar-refractivity contribution is 8.06. The highest BCUT2D eigenvalue weighted by Gasteiger charge is 2.30. The van der Waals surface area contributed by atoms with Crippen LogP contribution in [0.2, 0.25) is 0 Å². The summed E-state index contributed by atoms with van der Waals surface area (Å²) < 4.78 is 13.0. The van der Waals surface area contributed by atoms with Gasteiger partial charge in [0.05, 0.1) is 18.1 Å².